The van der Waals surface area contributed by atoms with Gasteiger partial charge in [-0.2, -0.15) is 0 Å². The molecule has 4 nitrogen and oxygen atoms in total. The van der Waals surface area contributed by atoms with E-state index in [4.69, 9.17) is 16.3 Å². The minimum Gasteiger partial charge on any atom is -0.495 e. The fourth-order valence-corrected chi connectivity index (χ4v) is 4.32. The molecule has 22 heavy (non-hydrogen) atoms. The predicted molar refractivity (Wildman–Crippen MR) is 82.8 cm³/mol. The van der Waals surface area contributed by atoms with Gasteiger partial charge in [-0.15, -0.1) is 0 Å². The molecule has 0 N–H and O–H groups in total. The van der Waals surface area contributed by atoms with Crippen LogP contribution in [-0.2, 0) is 9.59 Å². The monoisotopic (exact) mass is 317 g/mol. The number of rotatable bonds is 2. The van der Waals surface area contributed by atoms with Gasteiger partial charge in [-0.3, -0.25) is 9.59 Å². The Morgan fingerprint density at radius 2 is 1.68 bits per heavy atom. The van der Waals surface area contributed by atoms with Gasteiger partial charge in [-0.25, -0.2) is 4.90 Å². The molecule has 0 spiro atoms. The maximum Gasteiger partial charge on any atom is 0.238 e. The molecule has 4 aliphatic rings. The number of hydrogen-bond acceptors (Lipinski definition) is 3. The van der Waals surface area contributed by atoms with E-state index in [2.05, 4.69) is 12.2 Å². The van der Waals surface area contributed by atoms with E-state index in [1.807, 2.05) is 0 Å². The molecule has 0 aromatic heterocycles. The number of methoxy groups -OCH3 is 1. The van der Waals surface area contributed by atoms with Crippen LogP contribution in [0.25, 0.3) is 0 Å². The number of benzene rings is 1. The second kappa shape index (κ2) is 4.85. The summed E-state index contributed by atoms with van der Waals surface area (Å²) < 4.78 is 5.31. The molecule has 1 saturated carbocycles. The number of halogens is 1. The van der Waals surface area contributed by atoms with E-state index in [9.17, 15) is 9.59 Å². The summed E-state index contributed by atoms with van der Waals surface area (Å²) in [4.78, 5) is 27.1. The fourth-order valence-electron chi connectivity index (χ4n) is 4.15. The highest BCUT2D eigenvalue weighted by molar-refractivity contribution is 6.31. The van der Waals surface area contributed by atoms with E-state index in [0.29, 0.717) is 16.5 Å². The standard InChI is InChI=1S/C17H16ClNO3/c1-22-13-7-6-11(18)8-12(13)19-16(20)14-9-2-3-10(5-4-9)15(14)17(19)21/h2-3,6-10,14-15H,4-5H2,1H3. The molecule has 1 heterocycles. The summed E-state index contributed by atoms with van der Waals surface area (Å²) in [5.74, 6) is 0.178. The van der Waals surface area contributed by atoms with Crippen LogP contribution in [0.3, 0.4) is 0 Å². The smallest absolute Gasteiger partial charge is 0.238 e. The lowest BCUT2D eigenvalue weighted by molar-refractivity contribution is -0.124. The zero-order valence-corrected chi connectivity index (χ0v) is 12.9. The van der Waals surface area contributed by atoms with Crippen LogP contribution in [0, 0.1) is 23.7 Å². The molecule has 2 bridgehead atoms. The number of imide groups is 1. The fraction of sp³-hybridized carbons (Fsp3) is 0.412. The lowest BCUT2D eigenvalue weighted by Gasteiger charge is -2.38. The molecule has 4 unspecified atom stereocenters. The minimum atomic E-state index is -0.222. The number of amides is 2. The van der Waals surface area contributed by atoms with Crippen molar-refractivity contribution in [3.8, 4) is 5.75 Å². The van der Waals surface area contributed by atoms with E-state index in [1.54, 1.807) is 18.2 Å². The summed E-state index contributed by atoms with van der Waals surface area (Å²) >= 11 is 6.05. The Hall–Kier alpha value is -1.81. The Morgan fingerprint density at radius 3 is 2.18 bits per heavy atom. The van der Waals surface area contributed by atoms with Crippen molar-refractivity contribution >= 4 is 29.1 Å². The zero-order valence-electron chi connectivity index (χ0n) is 12.2. The van der Waals surface area contributed by atoms with Gasteiger partial charge in [0.1, 0.15) is 5.75 Å². The number of allylic oxidation sites excluding steroid dienone is 2. The summed E-state index contributed by atoms with van der Waals surface area (Å²) in [6.07, 6.45) is 6.20. The number of hydrogen-bond donors (Lipinski definition) is 0. The van der Waals surface area contributed by atoms with E-state index >= 15 is 0 Å². The molecular formula is C17H16ClNO3. The van der Waals surface area contributed by atoms with Crippen molar-refractivity contribution < 1.29 is 14.3 Å². The average molecular weight is 318 g/mol. The predicted octanol–water partition coefficient (Wildman–Crippen LogP) is 3.05. The first-order valence-corrected chi connectivity index (χ1v) is 7.89. The lowest BCUT2D eigenvalue weighted by atomic mass is 9.63. The second-order valence-electron chi connectivity index (χ2n) is 6.17. The summed E-state index contributed by atoms with van der Waals surface area (Å²) in [7, 11) is 1.52. The summed E-state index contributed by atoms with van der Waals surface area (Å²) in [6.45, 7) is 0. The van der Waals surface area contributed by atoms with Gasteiger partial charge in [0.15, 0.2) is 0 Å². The molecule has 4 atom stereocenters. The second-order valence-corrected chi connectivity index (χ2v) is 6.61. The number of fused-ring (bicyclic) bond motifs is 1. The van der Waals surface area contributed by atoms with Crippen molar-refractivity contribution in [3.05, 3.63) is 35.4 Å². The summed E-state index contributed by atoms with van der Waals surface area (Å²) in [5.41, 5.74) is 0.457. The molecule has 1 aromatic rings. The molecule has 1 saturated heterocycles. The summed E-state index contributed by atoms with van der Waals surface area (Å²) in [6, 6.07) is 5.00. The first-order chi connectivity index (χ1) is 10.6. The molecule has 0 radical (unpaired) electrons. The molecule has 114 valence electrons. The average Bonchev–Trinajstić information content (AvgIpc) is 2.82. The molecule has 3 aliphatic carbocycles. The maximum absolute atomic E-state index is 12.9. The third-order valence-corrected chi connectivity index (χ3v) is 5.38. The SMILES string of the molecule is COc1ccc(Cl)cc1N1C(=O)C2C3C=CC(CC3)C2C1=O. The van der Waals surface area contributed by atoms with Gasteiger partial charge in [0.2, 0.25) is 11.8 Å². The Balaban J connectivity index is 1.80. The Labute approximate surface area is 133 Å². The first-order valence-electron chi connectivity index (χ1n) is 7.51. The van der Waals surface area contributed by atoms with E-state index < -0.39 is 0 Å². The van der Waals surface area contributed by atoms with Crippen molar-refractivity contribution in [1.82, 2.24) is 0 Å². The normalized spacial score (nSPS) is 32.5. The van der Waals surface area contributed by atoms with Gasteiger partial charge in [-0.05, 0) is 42.9 Å². The minimum absolute atomic E-state index is 0.116. The van der Waals surface area contributed by atoms with Crippen LogP contribution in [0.2, 0.25) is 5.02 Å². The van der Waals surface area contributed by atoms with E-state index in [0.717, 1.165) is 12.8 Å². The van der Waals surface area contributed by atoms with Gasteiger partial charge in [-0.1, -0.05) is 23.8 Å². The van der Waals surface area contributed by atoms with Crippen molar-refractivity contribution in [2.75, 3.05) is 12.0 Å². The highest BCUT2D eigenvalue weighted by atomic mass is 35.5. The Kier molecular flexibility index (Phi) is 3.05. The topological polar surface area (TPSA) is 46.6 Å². The maximum atomic E-state index is 12.9. The van der Waals surface area contributed by atoms with Crippen molar-refractivity contribution in [2.24, 2.45) is 23.7 Å². The van der Waals surface area contributed by atoms with Crippen molar-refractivity contribution in [2.45, 2.75) is 12.8 Å². The Morgan fingerprint density at radius 1 is 1.09 bits per heavy atom. The molecule has 2 amide bonds. The van der Waals surface area contributed by atoms with Gasteiger partial charge in [0, 0.05) is 5.02 Å². The molecule has 1 aliphatic heterocycles. The molecule has 1 aromatic carbocycles. The van der Waals surface area contributed by atoms with Crippen LogP contribution in [0.1, 0.15) is 12.8 Å². The van der Waals surface area contributed by atoms with Crippen molar-refractivity contribution in [1.29, 1.82) is 0 Å². The van der Waals surface area contributed by atoms with E-state index in [-0.39, 0.29) is 35.5 Å². The zero-order chi connectivity index (χ0) is 15.4. The van der Waals surface area contributed by atoms with Crippen LogP contribution in [0.15, 0.2) is 30.4 Å². The highest BCUT2D eigenvalue weighted by Gasteiger charge is 2.57. The highest BCUT2D eigenvalue weighted by Crippen LogP contribution is 2.51. The number of carbonyl (C=O) groups is 2. The first kappa shape index (κ1) is 13.8. The quantitative estimate of drug-likeness (QED) is 0.622. The third-order valence-electron chi connectivity index (χ3n) is 5.14. The van der Waals surface area contributed by atoms with Crippen LogP contribution < -0.4 is 9.64 Å². The third kappa shape index (κ3) is 1.76. The van der Waals surface area contributed by atoms with Gasteiger partial charge in [0.05, 0.1) is 24.6 Å². The molecule has 5 heteroatoms. The van der Waals surface area contributed by atoms with Crippen LogP contribution in [0.4, 0.5) is 5.69 Å². The van der Waals surface area contributed by atoms with Gasteiger partial charge in [0.25, 0.3) is 0 Å². The van der Waals surface area contributed by atoms with Gasteiger partial charge >= 0.3 is 0 Å². The number of nitrogens with zero attached hydrogens (tertiary/aromatic N) is 1. The number of carbonyl (C=O) groups excluding carboxylic acids is 2. The molecular weight excluding hydrogens is 302 g/mol. The van der Waals surface area contributed by atoms with Crippen LogP contribution >= 0.6 is 11.6 Å². The number of ether oxygens (including phenoxy) is 1. The lowest BCUT2D eigenvalue weighted by Crippen LogP contribution is -2.38. The van der Waals surface area contributed by atoms with E-state index in [1.165, 1.54) is 12.0 Å². The van der Waals surface area contributed by atoms with Crippen LogP contribution in [-0.4, -0.2) is 18.9 Å². The van der Waals surface area contributed by atoms with Crippen molar-refractivity contribution in [3.63, 3.8) is 0 Å². The number of anilines is 1. The Bertz CT molecular complexity index is 667. The molecule has 2 fully saturated rings. The van der Waals surface area contributed by atoms with Crippen LogP contribution in [0.5, 0.6) is 5.75 Å². The summed E-state index contributed by atoms with van der Waals surface area (Å²) in [5, 5.41) is 0.479. The molecule has 5 rings (SSSR count). The largest absolute Gasteiger partial charge is 0.495 e. The van der Waals surface area contributed by atoms with Gasteiger partial charge < -0.3 is 4.74 Å².